The van der Waals surface area contributed by atoms with Crippen molar-refractivity contribution >= 4 is 38.6 Å². The van der Waals surface area contributed by atoms with Crippen LogP contribution < -0.4 is 5.32 Å². The number of rotatable bonds is 4. The monoisotopic (exact) mass is 323 g/mol. The van der Waals surface area contributed by atoms with E-state index in [-0.39, 0.29) is 16.6 Å². The molecule has 0 atom stereocenters. The predicted octanol–water partition coefficient (Wildman–Crippen LogP) is 2.61. The lowest BCUT2D eigenvalue weighted by Crippen LogP contribution is -2.10. The fourth-order valence-corrected chi connectivity index (χ4v) is 3.11. The van der Waals surface area contributed by atoms with Crippen molar-refractivity contribution in [3.8, 4) is 0 Å². The molecule has 0 saturated carbocycles. The molecule has 0 radical (unpaired) electrons. The van der Waals surface area contributed by atoms with Gasteiger partial charge in [0.05, 0.1) is 14.6 Å². The highest BCUT2D eigenvalue weighted by Gasteiger charge is 2.13. The lowest BCUT2D eigenvalue weighted by Gasteiger charge is -2.05. The maximum atomic E-state index is 12.0. The average molecular weight is 323 g/mol. The second-order valence-corrected chi connectivity index (χ2v) is 7.57. The Morgan fingerprint density at radius 1 is 1.10 bits per heavy atom. The van der Waals surface area contributed by atoms with Gasteiger partial charge >= 0.3 is 0 Å². The second kappa shape index (κ2) is 5.79. The van der Waals surface area contributed by atoms with Gasteiger partial charge in [-0.05, 0) is 37.3 Å². The first-order valence-electron chi connectivity index (χ1n) is 5.99. The van der Waals surface area contributed by atoms with Gasteiger partial charge in [-0.15, -0.1) is 11.3 Å². The highest BCUT2D eigenvalue weighted by atomic mass is 32.2. The molecular weight excluding hydrogens is 310 g/mol. The van der Waals surface area contributed by atoms with Gasteiger partial charge in [0, 0.05) is 11.9 Å². The van der Waals surface area contributed by atoms with Gasteiger partial charge in [0.15, 0.2) is 15.6 Å². The Bertz CT molecular complexity index is 806. The van der Waals surface area contributed by atoms with E-state index in [0.29, 0.717) is 15.4 Å². The van der Waals surface area contributed by atoms with E-state index in [1.165, 1.54) is 19.1 Å². The highest BCUT2D eigenvalue weighted by molar-refractivity contribution is 7.90. The van der Waals surface area contributed by atoms with E-state index in [2.05, 4.69) is 5.32 Å². The quantitative estimate of drug-likeness (QED) is 0.877. The highest BCUT2D eigenvalue weighted by Crippen LogP contribution is 2.20. The normalized spacial score (nSPS) is 11.1. The molecule has 1 heterocycles. The first-order chi connectivity index (χ1) is 9.77. The van der Waals surface area contributed by atoms with Crippen molar-refractivity contribution in [3.05, 3.63) is 46.2 Å². The molecule has 1 N–H and O–H groups in total. The van der Waals surface area contributed by atoms with Crippen LogP contribution in [0.4, 0.5) is 5.69 Å². The molecule has 0 fully saturated rings. The molecule has 5 nitrogen and oxygen atoms in total. The van der Waals surface area contributed by atoms with Gasteiger partial charge in [-0.2, -0.15) is 0 Å². The molecule has 0 aliphatic rings. The molecule has 2 rings (SSSR count). The molecule has 110 valence electrons. The van der Waals surface area contributed by atoms with Crippen LogP contribution in [0.15, 0.2) is 41.3 Å². The van der Waals surface area contributed by atoms with Crippen molar-refractivity contribution in [2.45, 2.75) is 11.8 Å². The fourth-order valence-electron chi connectivity index (χ4n) is 1.65. The van der Waals surface area contributed by atoms with E-state index in [9.17, 15) is 18.0 Å². The van der Waals surface area contributed by atoms with Crippen LogP contribution in [-0.4, -0.2) is 26.4 Å². The predicted molar refractivity (Wildman–Crippen MR) is 81.8 cm³/mol. The Labute approximate surface area is 126 Å². The van der Waals surface area contributed by atoms with Crippen LogP contribution in [0.5, 0.6) is 0 Å². The fraction of sp³-hybridized carbons (Fsp3) is 0.143. The molecule has 0 bridgehead atoms. The zero-order valence-electron chi connectivity index (χ0n) is 11.4. The zero-order valence-corrected chi connectivity index (χ0v) is 13.0. The summed E-state index contributed by atoms with van der Waals surface area (Å²) in [5.74, 6) is -0.476. The van der Waals surface area contributed by atoms with E-state index in [1.807, 2.05) is 0 Å². The summed E-state index contributed by atoms with van der Waals surface area (Å²) < 4.78 is 22.9. The van der Waals surface area contributed by atoms with Crippen molar-refractivity contribution in [3.63, 3.8) is 0 Å². The number of Topliss-reactive ketones (excluding diaryl/α,β-unsaturated/α-hetero) is 1. The van der Waals surface area contributed by atoms with Crippen LogP contribution in [0, 0.1) is 0 Å². The summed E-state index contributed by atoms with van der Waals surface area (Å²) in [4.78, 5) is 24.3. The number of sulfone groups is 1. The number of nitrogens with one attached hydrogen (secondary N) is 1. The van der Waals surface area contributed by atoms with Gasteiger partial charge in [-0.1, -0.05) is 6.07 Å². The Hall–Kier alpha value is -1.99. The van der Waals surface area contributed by atoms with Gasteiger partial charge in [-0.3, -0.25) is 9.59 Å². The minimum absolute atomic E-state index is 0.0990. The van der Waals surface area contributed by atoms with Crippen molar-refractivity contribution in [1.82, 2.24) is 0 Å². The number of amides is 1. The van der Waals surface area contributed by atoms with E-state index in [0.717, 1.165) is 17.6 Å². The minimum atomic E-state index is -3.33. The standard InChI is InChI=1S/C14H13NO4S2/c1-9(16)12-6-7-13(20-12)14(17)15-10-4-3-5-11(8-10)21(2,18)19/h3-8H,1-2H3,(H,15,17). The topological polar surface area (TPSA) is 80.3 Å². The van der Waals surface area contributed by atoms with Crippen molar-refractivity contribution < 1.29 is 18.0 Å². The Kier molecular flexibility index (Phi) is 4.24. The largest absolute Gasteiger partial charge is 0.321 e. The number of carbonyl (C=O) groups excluding carboxylic acids is 2. The van der Waals surface area contributed by atoms with Crippen LogP contribution >= 0.6 is 11.3 Å². The minimum Gasteiger partial charge on any atom is -0.321 e. The summed E-state index contributed by atoms with van der Waals surface area (Å²) in [5, 5.41) is 2.62. The summed E-state index contributed by atoms with van der Waals surface area (Å²) in [6, 6.07) is 9.18. The summed E-state index contributed by atoms with van der Waals surface area (Å²) in [6.45, 7) is 1.43. The third-order valence-electron chi connectivity index (χ3n) is 2.70. The van der Waals surface area contributed by atoms with E-state index in [4.69, 9.17) is 0 Å². The Morgan fingerprint density at radius 3 is 2.33 bits per heavy atom. The molecule has 0 aliphatic heterocycles. The summed E-state index contributed by atoms with van der Waals surface area (Å²) in [6.07, 6.45) is 1.10. The lowest BCUT2D eigenvalue weighted by molar-refractivity contribution is 0.101. The van der Waals surface area contributed by atoms with E-state index in [1.54, 1.807) is 24.3 Å². The van der Waals surface area contributed by atoms with Crippen molar-refractivity contribution in [2.24, 2.45) is 0 Å². The summed E-state index contributed by atoms with van der Waals surface area (Å²) >= 11 is 1.10. The zero-order chi connectivity index (χ0) is 15.6. The molecule has 1 aromatic carbocycles. The molecule has 21 heavy (non-hydrogen) atoms. The number of hydrogen-bond donors (Lipinski definition) is 1. The van der Waals surface area contributed by atoms with Gasteiger partial charge in [0.1, 0.15) is 0 Å². The molecule has 0 aliphatic carbocycles. The summed E-state index contributed by atoms with van der Waals surface area (Å²) in [7, 11) is -3.33. The van der Waals surface area contributed by atoms with Crippen LogP contribution in [0.3, 0.4) is 0 Å². The number of thiophene rings is 1. The Morgan fingerprint density at radius 2 is 1.76 bits per heavy atom. The number of hydrogen-bond acceptors (Lipinski definition) is 5. The van der Waals surface area contributed by atoms with Crippen molar-refractivity contribution in [2.75, 3.05) is 11.6 Å². The van der Waals surface area contributed by atoms with Crippen LogP contribution in [-0.2, 0) is 9.84 Å². The second-order valence-electron chi connectivity index (χ2n) is 4.47. The number of ketones is 1. The first kappa shape index (κ1) is 15.4. The third kappa shape index (κ3) is 3.77. The maximum Gasteiger partial charge on any atom is 0.265 e. The Balaban J connectivity index is 2.21. The van der Waals surface area contributed by atoms with Crippen LogP contribution in [0.2, 0.25) is 0 Å². The lowest BCUT2D eigenvalue weighted by atomic mass is 10.3. The van der Waals surface area contributed by atoms with Gasteiger partial charge in [0.2, 0.25) is 0 Å². The maximum absolute atomic E-state index is 12.0. The first-order valence-corrected chi connectivity index (χ1v) is 8.70. The smallest absolute Gasteiger partial charge is 0.265 e. The van der Waals surface area contributed by atoms with Gasteiger partial charge in [0.25, 0.3) is 5.91 Å². The number of carbonyl (C=O) groups is 2. The third-order valence-corrected chi connectivity index (χ3v) is 4.99. The molecular formula is C14H13NO4S2. The number of anilines is 1. The molecule has 0 saturated heterocycles. The molecule has 7 heteroatoms. The average Bonchev–Trinajstić information content (AvgIpc) is 2.88. The summed E-state index contributed by atoms with van der Waals surface area (Å²) in [5.41, 5.74) is 0.390. The molecule has 1 aromatic heterocycles. The SMILES string of the molecule is CC(=O)c1ccc(C(=O)Nc2cccc(S(C)(=O)=O)c2)s1. The number of benzene rings is 1. The van der Waals surface area contributed by atoms with E-state index >= 15 is 0 Å². The van der Waals surface area contributed by atoms with Crippen LogP contribution in [0.25, 0.3) is 0 Å². The van der Waals surface area contributed by atoms with E-state index < -0.39 is 9.84 Å². The van der Waals surface area contributed by atoms with Gasteiger partial charge < -0.3 is 5.32 Å². The van der Waals surface area contributed by atoms with Crippen molar-refractivity contribution in [1.29, 1.82) is 0 Å². The molecule has 0 unspecified atom stereocenters. The molecule has 1 amide bonds. The molecule has 0 spiro atoms. The van der Waals surface area contributed by atoms with Crippen LogP contribution in [0.1, 0.15) is 26.3 Å². The van der Waals surface area contributed by atoms with Gasteiger partial charge in [-0.25, -0.2) is 8.42 Å². The molecule has 2 aromatic rings.